The average molecular weight is 258 g/mol. The van der Waals surface area contributed by atoms with Gasteiger partial charge in [0.05, 0.1) is 0 Å². The molecule has 0 spiro atoms. The molecule has 2 heterocycles. The van der Waals surface area contributed by atoms with Crippen LogP contribution in [0.15, 0.2) is 22.6 Å². The zero-order chi connectivity index (χ0) is 13.5. The lowest BCUT2D eigenvalue weighted by Crippen LogP contribution is -2.29. The highest BCUT2D eigenvalue weighted by Crippen LogP contribution is 2.47. The molecule has 0 atom stereocenters. The fourth-order valence-electron chi connectivity index (χ4n) is 2.32. The third-order valence-electron chi connectivity index (χ3n) is 4.07. The molecule has 0 aliphatic heterocycles. The number of nitrogens with one attached hydrogen (secondary N) is 1. The second-order valence-corrected chi connectivity index (χ2v) is 5.48. The van der Waals surface area contributed by atoms with Gasteiger partial charge in [-0.3, -0.25) is 4.79 Å². The molecule has 0 aromatic carbocycles. The minimum absolute atomic E-state index is 0.143. The fourth-order valence-corrected chi connectivity index (χ4v) is 2.32. The lowest BCUT2D eigenvalue weighted by molar-refractivity contribution is 0.0918. The van der Waals surface area contributed by atoms with E-state index in [1.54, 1.807) is 6.07 Å². The quantitative estimate of drug-likeness (QED) is 0.917. The van der Waals surface area contributed by atoms with Crippen molar-refractivity contribution in [2.75, 3.05) is 6.54 Å². The SMILES string of the molecule is CCC1(CNC(=O)c2cc3nc(C)ccc3o2)CC1. The van der Waals surface area contributed by atoms with Crippen LogP contribution in [0.5, 0.6) is 0 Å². The van der Waals surface area contributed by atoms with Gasteiger partial charge in [0, 0.05) is 18.3 Å². The van der Waals surface area contributed by atoms with Gasteiger partial charge in [0.25, 0.3) is 5.91 Å². The Balaban J connectivity index is 1.74. The Morgan fingerprint density at radius 3 is 2.95 bits per heavy atom. The van der Waals surface area contributed by atoms with Crippen molar-refractivity contribution in [1.29, 1.82) is 0 Å². The lowest BCUT2D eigenvalue weighted by Gasteiger charge is -2.12. The van der Waals surface area contributed by atoms with Crippen molar-refractivity contribution < 1.29 is 9.21 Å². The van der Waals surface area contributed by atoms with E-state index in [-0.39, 0.29) is 5.91 Å². The van der Waals surface area contributed by atoms with Crippen molar-refractivity contribution in [1.82, 2.24) is 10.3 Å². The molecule has 1 aliphatic carbocycles. The molecule has 2 aromatic heterocycles. The van der Waals surface area contributed by atoms with E-state index in [2.05, 4.69) is 17.2 Å². The Labute approximate surface area is 112 Å². The number of fused-ring (bicyclic) bond motifs is 1. The predicted molar refractivity (Wildman–Crippen MR) is 73.0 cm³/mol. The number of carbonyl (C=O) groups excluding carboxylic acids is 1. The Kier molecular flexibility index (Phi) is 2.81. The maximum absolute atomic E-state index is 12.1. The maximum atomic E-state index is 12.1. The number of nitrogens with zero attached hydrogens (tertiary/aromatic N) is 1. The third-order valence-corrected chi connectivity index (χ3v) is 4.07. The number of rotatable bonds is 4. The third kappa shape index (κ3) is 2.35. The molecule has 0 saturated heterocycles. The second-order valence-electron chi connectivity index (χ2n) is 5.48. The highest BCUT2D eigenvalue weighted by molar-refractivity contribution is 5.95. The highest BCUT2D eigenvalue weighted by Gasteiger charge is 2.40. The molecule has 4 heteroatoms. The normalized spacial score (nSPS) is 16.5. The van der Waals surface area contributed by atoms with Crippen molar-refractivity contribution in [3.8, 4) is 0 Å². The van der Waals surface area contributed by atoms with Gasteiger partial charge in [-0.15, -0.1) is 0 Å². The Bertz CT molecular complexity index is 626. The lowest BCUT2D eigenvalue weighted by atomic mass is 10.0. The number of hydrogen-bond donors (Lipinski definition) is 1. The smallest absolute Gasteiger partial charge is 0.287 e. The number of furan rings is 1. The first-order chi connectivity index (χ1) is 9.12. The van der Waals surface area contributed by atoms with Crippen LogP contribution in [-0.4, -0.2) is 17.4 Å². The summed E-state index contributed by atoms with van der Waals surface area (Å²) in [6.07, 6.45) is 3.55. The van der Waals surface area contributed by atoms with Crippen LogP contribution in [0, 0.1) is 12.3 Å². The Morgan fingerprint density at radius 1 is 1.47 bits per heavy atom. The van der Waals surface area contributed by atoms with Crippen LogP contribution in [0.25, 0.3) is 11.1 Å². The van der Waals surface area contributed by atoms with E-state index in [9.17, 15) is 4.79 Å². The van der Waals surface area contributed by atoms with Crippen LogP contribution in [-0.2, 0) is 0 Å². The van der Waals surface area contributed by atoms with E-state index >= 15 is 0 Å². The fraction of sp³-hybridized carbons (Fsp3) is 0.467. The number of amides is 1. The maximum Gasteiger partial charge on any atom is 0.287 e. The molecule has 1 aliphatic rings. The summed E-state index contributed by atoms with van der Waals surface area (Å²) in [4.78, 5) is 16.4. The van der Waals surface area contributed by atoms with Crippen molar-refractivity contribution in [3.63, 3.8) is 0 Å². The van der Waals surface area contributed by atoms with Gasteiger partial charge in [0.15, 0.2) is 11.3 Å². The molecule has 2 aromatic rings. The predicted octanol–water partition coefficient (Wildman–Crippen LogP) is 3.06. The molecule has 0 bridgehead atoms. The monoisotopic (exact) mass is 258 g/mol. The van der Waals surface area contributed by atoms with Crippen molar-refractivity contribution in [2.24, 2.45) is 5.41 Å². The first-order valence-electron chi connectivity index (χ1n) is 6.77. The summed E-state index contributed by atoms with van der Waals surface area (Å²) in [6, 6.07) is 5.44. The van der Waals surface area contributed by atoms with Crippen LogP contribution in [0.2, 0.25) is 0 Å². The molecule has 100 valence electrons. The summed E-state index contributed by atoms with van der Waals surface area (Å²) >= 11 is 0. The molecular formula is C15H18N2O2. The second kappa shape index (κ2) is 4.37. The van der Waals surface area contributed by atoms with E-state index in [4.69, 9.17) is 4.42 Å². The summed E-state index contributed by atoms with van der Waals surface area (Å²) in [6.45, 7) is 4.84. The topological polar surface area (TPSA) is 55.1 Å². The molecule has 1 N–H and O–H groups in total. The molecule has 0 radical (unpaired) electrons. The summed E-state index contributed by atoms with van der Waals surface area (Å²) < 4.78 is 5.53. The highest BCUT2D eigenvalue weighted by atomic mass is 16.3. The van der Waals surface area contributed by atoms with E-state index in [0.29, 0.717) is 16.8 Å². The van der Waals surface area contributed by atoms with Gasteiger partial charge < -0.3 is 9.73 Å². The summed E-state index contributed by atoms with van der Waals surface area (Å²) in [7, 11) is 0. The van der Waals surface area contributed by atoms with Gasteiger partial charge in [-0.25, -0.2) is 4.98 Å². The van der Waals surface area contributed by atoms with E-state index in [0.717, 1.165) is 24.2 Å². The van der Waals surface area contributed by atoms with Gasteiger partial charge in [0.2, 0.25) is 0 Å². The van der Waals surface area contributed by atoms with Gasteiger partial charge in [0.1, 0.15) is 5.52 Å². The minimum atomic E-state index is -0.143. The first kappa shape index (κ1) is 12.2. The zero-order valence-corrected chi connectivity index (χ0v) is 11.3. The minimum Gasteiger partial charge on any atom is -0.449 e. The summed E-state index contributed by atoms with van der Waals surface area (Å²) in [5.41, 5.74) is 2.66. The van der Waals surface area contributed by atoms with E-state index in [1.165, 1.54) is 12.8 Å². The number of carbonyl (C=O) groups is 1. The van der Waals surface area contributed by atoms with E-state index < -0.39 is 0 Å². The Hall–Kier alpha value is -1.84. The summed E-state index contributed by atoms with van der Waals surface area (Å²) in [5.74, 6) is 0.204. The molecular weight excluding hydrogens is 240 g/mol. The van der Waals surface area contributed by atoms with E-state index in [1.807, 2.05) is 19.1 Å². The molecule has 1 fully saturated rings. The standard InChI is InChI=1S/C15H18N2O2/c1-3-15(6-7-15)9-16-14(18)13-8-11-12(19-13)5-4-10(2)17-11/h4-5,8H,3,6-7,9H2,1-2H3,(H,16,18). The van der Waals surface area contributed by atoms with Crippen molar-refractivity contribution in [2.45, 2.75) is 33.1 Å². The van der Waals surface area contributed by atoms with Gasteiger partial charge in [-0.1, -0.05) is 6.92 Å². The number of aromatic nitrogens is 1. The van der Waals surface area contributed by atoms with Crippen molar-refractivity contribution in [3.05, 3.63) is 29.7 Å². The molecule has 0 unspecified atom stereocenters. The van der Waals surface area contributed by atoms with Crippen LogP contribution < -0.4 is 5.32 Å². The largest absolute Gasteiger partial charge is 0.449 e. The molecule has 1 saturated carbocycles. The number of hydrogen-bond acceptors (Lipinski definition) is 3. The van der Waals surface area contributed by atoms with Crippen LogP contribution >= 0.6 is 0 Å². The zero-order valence-electron chi connectivity index (χ0n) is 11.3. The van der Waals surface area contributed by atoms with Gasteiger partial charge in [-0.05, 0) is 43.7 Å². The van der Waals surface area contributed by atoms with Gasteiger partial charge in [-0.2, -0.15) is 0 Å². The van der Waals surface area contributed by atoms with Crippen LogP contribution in [0.4, 0.5) is 0 Å². The van der Waals surface area contributed by atoms with Crippen molar-refractivity contribution >= 4 is 17.0 Å². The van der Waals surface area contributed by atoms with Crippen LogP contribution in [0.3, 0.4) is 0 Å². The van der Waals surface area contributed by atoms with Crippen LogP contribution in [0.1, 0.15) is 42.4 Å². The average Bonchev–Trinajstić information content (AvgIpc) is 3.07. The number of aryl methyl sites for hydroxylation is 1. The summed E-state index contributed by atoms with van der Waals surface area (Å²) in [5, 5.41) is 2.97. The molecule has 1 amide bonds. The van der Waals surface area contributed by atoms with Gasteiger partial charge >= 0.3 is 0 Å². The first-order valence-corrected chi connectivity index (χ1v) is 6.77. The molecule has 4 nitrogen and oxygen atoms in total. The Morgan fingerprint density at radius 2 is 2.26 bits per heavy atom. The molecule has 19 heavy (non-hydrogen) atoms. The molecule has 3 rings (SSSR count). The number of pyridine rings is 1.